The Kier molecular flexibility index (Phi) is 5.02. The van der Waals surface area contributed by atoms with Crippen molar-refractivity contribution in [1.29, 1.82) is 0 Å². The minimum atomic E-state index is -0.269. The van der Waals surface area contributed by atoms with Crippen LogP contribution < -0.4 is 5.32 Å². The minimum absolute atomic E-state index is 0.157. The molecule has 1 rings (SSSR count). The third-order valence-electron chi connectivity index (χ3n) is 2.27. The lowest BCUT2D eigenvalue weighted by Gasteiger charge is -2.15. The molecule has 2 unspecified atom stereocenters. The van der Waals surface area contributed by atoms with Crippen LogP contribution in [0.1, 0.15) is 31.9 Å². The van der Waals surface area contributed by atoms with E-state index in [2.05, 4.69) is 10.3 Å². The average Bonchev–Trinajstić information content (AvgIpc) is 2.17. The lowest BCUT2D eigenvalue weighted by molar-refractivity contribution is 0.182. The van der Waals surface area contributed by atoms with Crippen LogP contribution in [0.3, 0.4) is 0 Å². The van der Waals surface area contributed by atoms with Crippen LogP contribution in [-0.4, -0.2) is 22.7 Å². The third-order valence-corrected chi connectivity index (χ3v) is 2.58. The molecule has 0 spiro atoms. The van der Waals surface area contributed by atoms with Gasteiger partial charge >= 0.3 is 0 Å². The summed E-state index contributed by atoms with van der Waals surface area (Å²) in [7, 11) is 0. The van der Waals surface area contributed by atoms with E-state index >= 15 is 0 Å². The van der Waals surface area contributed by atoms with Crippen LogP contribution in [0.2, 0.25) is 5.15 Å². The zero-order chi connectivity index (χ0) is 11.3. The number of pyridine rings is 1. The number of rotatable bonds is 5. The van der Waals surface area contributed by atoms with Gasteiger partial charge in [0, 0.05) is 17.8 Å². The molecule has 0 bridgehead atoms. The SMILES string of the molecule is CC(O)CCNC(C)c1cccnc1Cl. The van der Waals surface area contributed by atoms with Crippen LogP contribution in [0.15, 0.2) is 18.3 Å². The Morgan fingerprint density at radius 3 is 2.87 bits per heavy atom. The van der Waals surface area contributed by atoms with Crippen molar-refractivity contribution in [1.82, 2.24) is 10.3 Å². The summed E-state index contributed by atoms with van der Waals surface area (Å²) >= 11 is 5.96. The lowest BCUT2D eigenvalue weighted by Crippen LogP contribution is -2.22. The van der Waals surface area contributed by atoms with Gasteiger partial charge in [-0.1, -0.05) is 17.7 Å². The lowest BCUT2D eigenvalue weighted by atomic mass is 10.1. The predicted molar refractivity (Wildman–Crippen MR) is 62.0 cm³/mol. The number of hydrogen-bond donors (Lipinski definition) is 2. The monoisotopic (exact) mass is 228 g/mol. The molecular weight excluding hydrogens is 212 g/mol. The van der Waals surface area contributed by atoms with Crippen LogP contribution >= 0.6 is 11.6 Å². The van der Waals surface area contributed by atoms with Crippen LogP contribution in [-0.2, 0) is 0 Å². The number of nitrogens with one attached hydrogen (secondary N) is 1. The molecule has 0 radical (unpaired) electrons. The van der Waals surface area contributed by atoms with Crippen LogP contribution in [0.4, 0.5) is 0 Å². The number of hydrogen-bond acceptors (Lipinski definition) is 3. The maximum atomic E-state index is 9.11. The first-order valence-corrected chi connectivity index (χ1v) is 5.51. The number of aliphatic hydroxyl groups excluding tert-OH is 1. The summed E-state index contributed by atoms with van der Waals surface area (Å²) in [6.45, 7) is 4.58. The average molecular weight is 229 g/mol. The molecule has 2 atom stereocenters. The van der Waals surface area contributed by atoms with Crippen molar-refractivity contribution in [3.8, 4) is 0 Å². The second-order valence-electron chi connectivity index (χ2n) is 3.70. The van der Waals surface area contributed by atoms with Crippen molar-refractivity contribution < 1.29 is 5.11 Å². The highest BCUT2D eigenvalue weighted by molar-refractivity contribution is 6.30. The Bertz CT molecular complexity index is 304. The van der Waals surface area contributed by atoms with Crippen molar-refractivity contribution in [2.24, 2.45) is 0 Å². The Balaban J connectivity index is 2.47. The van der Waals surface area contributed by atoms with Gasteiger partial charge in [-0.2, -0.15) is 0 Å². The molecule has 0 saturated carbocycles. The Morgan fingerprint density at radius 1 is 1.53 bits per heavy atom. The van der Waals surface area contributed by atoms with Crippen molar-refractivity contribution in [2.45, 2.75) is 32.4 Å². The Hall–Kier alpha value is -0.640. The van der Waals surface area contributed by atoms with Gasteiger partial charge in [0.05, 0.1) is 6.10 Å². The first-order valence-electron chi connectivity index (χ1n) is 5.13. The van der Waals surface area contributed by atoms with Gasteiger partial charge in [-0.3, -0.25) is 0 Å². The van der Waals surface area contributed by atoms with Crippen LogP contribution in [0, 0.1) is 0 Å². The van der Waals surface area contributed by atoms with Gasteiger partial charge in [0.25, 0.3) is 0 Å². The van der Waals surface area contributed by atoms with E-state index < -0.39 is 0 Å². The molecule has 0 amide bonds. The first kappa shape index (κ1) is 12.4. The normalized spacial score (nSPS) is 14.9. The van der Waals surface area contributed by atoms with E-state index in [0.29, 0.717) is 5.15 Å². The number of aliphatic hydroxyl groups is 1. The largest absolute Gasteiger partial charge is 0.393 e. The summed E-state index contributed by atoms with van der Waals surface area (Å²) < 4.78 is 0. The predicted octanol–water partition coefficient (Wildman–Crippen LogP) is 2.16. The van der Waals surface area contributed by atoms with Gasteiger partial charge in [0.2, 0.25) is 0 Å². The summed E-state index contributed by atoms with van der Waals surface area (Å²) in [5.74, 6) is 0. The van der Waals surface area contributed by atoms with Gasteiger partial charge < -0.3 is 10.4 Å². The highest BCUT2D eigenvalue weighted by atomic mass is 35.5. The van der Waals surface area contributed by atoms with E-state index in [1.165, 1.54) is 0 Å². The molecule has 2 N–H and O–H groups in total. The summed E-state index contributed by atoms with van der Waals surface area (Å²) in [6, 6.07) is 3.98. The fourth-order valence-electron chi connectivity index (χ4n) is 1.34. The van der Waals surface area contributed by atoms with Crippen molar-refractivity contribution in [2.75, 3.05) is 6.54 Å². The second kappa shape index (κ2) is 6.05. The van der Waals surface area contributed by atoms with Crippen molar-refractivity contribution in [3.63, 3.8) is 0 Å². The van der Waals surface area contributed by atoms with E-state index in [1.54, 1.807) is 13.1 Å². The first-order chi connectivity index (χ1) is 7.11. The molecule has 0 aliphatic rings. The molecule has 4 heteroatoms. The molecule has 3 nitrogen and oxygen atoms in total. The van der Waals surface area contributed by atoms with Crippen LogP contribution in [0.5, 0.6) is 0 Å². The summed E-state index contributed by atoms with van der Waals surface area (Å²) in [5, 5.41) is 12.9. The van der Waals surface area contributed by atoms with Gasteiger partial charge in [-0.05, 0) is 32.9 Å². The summed E-state index contributed by atoms with van der Waals surface area (Å²) in [4.78, 5) is 4.02. The molecule has 0 aliphatic heterocycles. The van der Waals surface area contributed by atoms with E-state index in [0.717, 1.165) is 18.5 Å². The maximum absolute atomic E-state index is 9.11. The van der Waals surface area contributed by atoms with Gasteiger partial charge in [-0.25, -0.2) is 4.98 Å². The number of nitrogens with zero attached hydrogens (tertiary/aromatic N) is 1. The molecule has 84 valence electrons. The van der Waals surface area contributed by atoms with Crippen molar-refractivity contribution in [3.05, 3.63) is 29.0 Å². The molecule has 0 saturated heterocycles. The maximum Gasteiger partial charge on any atom is 0.133 e. The smallest absolute Gasteiger partial charge is 0.133 e. The quantitative estimate of drug-likeness (QED) is 0.760. The van der Waals surface area contributed by atoms with E-state index in [-0.39, 0.29) is 12.1 Å². The van der Waals surface area contributed by atoms with E-state index in [4.69, 9.17) is 16.7 Å². The molecule has 1 aromatic heterocycles. The van der Waals surface area contributed by atoms with Crippen molar-refractivity contribution >= 4 is 11.6 Å². The topological polar surface area (TPSA) is 45.1 Å². The summed E-state index contributed by atoms with van der Waals surface area (Å²) in [5.41, 5.74) is 0.991. The third kappa shape index (κ3) is 4.16. The second-order valence-corrected chi connectivity index (χ2v) is 4.05. The molecule has 1 heterocycles. The fraction of sp³-hybridized carbons (Fsp3) is 0.545. The number of halogens is 1. The van der Waals surface area contributed by atoms with E-state index in [9.17, 15) is 0 Å². The molecule has 0 aromatic carbocycles. The molecule has 0 fully saturated rings. The zero-order valence-corrected chi connectivity index (χ0v) is 9.83. The van der Waals surface area contributed by atoms with Crippen LogP contribution in [0.25, 0.3) is 0 Å². The molecular formula is C11H17ClN2O. The Labute approximate surface area is 95.5 Å². The van der Waals surface area contributed by atoms with Gasteiger partial charge in [0.1, 0.15) is 5.15 Å². The standard InChI is InChI=1S/C11H17ClN2O/c1-8(15)5-7-13-9(2)10-4-3-6-14-11(10)12/h3-4,6,8-9,13,15H,5,7H2,1-2H3. The van der Waals surface area contributed by atoms with Gasteiger partial charge in [0.15, 0.2) is 0 Å². The fourth-order valence-corrected chi connectivity index (χ4v) is 1.62. The van der Waals surface area contributed by atoms with E-state index in [1.807, 2.05) is 19.1 Å². The Morgan fingerprint density at radius 2 is 2.27 bits per heavy atom. The van der Waals surface area contributed by atoms with Gasteiger partial charge in [-0.15, -0.1) is 0 Å². The zero-order valence-electron chi connectivity index (χ0n) is 9.07. The number of aromatic nitrogens is 1. The molecule has 1 aromatic rings. The minimum Gasteiger partial charge on any atom is -0.393 e. The molecule has 0 aliphatic carbocycles. The highest BCUT2D eigenvalue weighted by Gasteiger charge is 2.09. The summed E-state index contributed by atoms with van der Waals surface area (Å²) in [6.07, 6.45) is 2.14. The molecule has 15 heavy (non-hydrogen) atoms. The highest BCUT2D eigenvalue weighted by Crippen LogP contribution is 2.19.